The van der Waals surface area contributed by atoms with Crippen LogP contribution in [0.1, 0.15) is 53.9 Å². The molecule has 1 aliphatic carbocycles. The second-order valence-corrected chi connectivity index (χ2v) is 7.39. The average Bonchev–Trinajstić information content (AvgIpc) is 2.36. The minimum absolute atomic E-state index is 0.00434. The highest BCUT2D eigenvalue weighted by molar-refractivity contribution is 7.41. The Kier molecular flexibility index (Phi) is 7.23. The molecule has 0 spiro atoms. The van der Waals surface area contributed by atoms with E-state index in [2.05, 4.69) is 55.2 Å². The molecule has 22 heavy (non-hydrogen) atoms. The zero-order chi connectivity index (χ0) is 16.8. The molecule has 1 aliphatic rings. The van der Waals surface area contributed by atoms with Crippen molar-refractivity contribution in [1.29, 1.82) is 0 Å². The van der Waals surface area contributed by atoms with Crippen LogP contribution in [-0.4, -0.2) is 5.52 Å². The van der Waals surface area contributed by atoms with Gasteiger partial charge < -0.3 is 0 Å². The first-order valence-corrected chi connectivity index (χ1v) is 8.51. The normalized spacial score (nSPS) is 20.3. The third-order valence-corrected chi connectivity index (χ3v) is 4.31. The van der Waals surface area contributed by atoms with Crippen molar-refractivity contribution in [2.24, 2.45) is 5.41 Å². The van der Waals surface area contributed by atoms with Gasteiger partial charge in [-0.25, -0.2) is 0 Å². The lowest BCUT2D eigenvalue weighted by Crippen LogP contribution is -2.19. The molecule has 0 aromatic rings. The molecule has 0 amide bonds. The summed E-state index contributed by atoms with van der Waals surface area (Å²) < 4.78 is 0. The van der Waals surface area contributed by atoms with E-state index in [9.17, 15) is 4.79 Å². The summed E-state index contributed by atoms with van der Waals surface area (Å²) in [5, 5.41) is 0. The van der Waals surface area contributed by atoms with E-state index in [4.69, 9.17) is 0 Å². The largest absolute Gasteiger partial charge is 0.290 e. The predicted octanol–water partition coefficient (Wildman–Crippen LogP) is 5.92. The van der Waals surface area contributed by atoms with E-state index >= 15 is 0 Å². The molecule has 0 radical (unpaired) electrons. The summed E-state index contributed by atoms with van der Waals surface area (Å²) in [5.74, 6) is 0. The molecule has 1 nitrogen and oxygen atoms in total. The van der Waals surface area contributed by atoms with E-state index in [0.29, 0.717) is 0 Å². The first-order chi connectivity index (χ1) is 10.2. The molecule has 0 fully saturated rings. The first-order valence-electron chi connectivity index (χ1n) is 7.93. The maximum absolute atomic E-state index is 10.9. The zero-order valence-corrected chi connectivity index (χ0v) is 15.7. The molecule has 2 heteroatoms. The lowest BCUT2D eigenvalue weighted by molar-refractivity contribution is -0.107. The molecule has 0 aromatic heterocycles. The van der Waals surface area contributed by atoms with Gasteiger partial charge in [-0.15, -0.1) is 0 Å². The van der Waals surface area contributed by atoms with Crippen molar-refractivity contribution < 1.29 is 4.79 Å². The van der Waals surface area contributed by atoms with E-state index in [1.807, 2.05) is 19.1 Å². The Labute approximate surface area is 138 Å². The summed E-state index contributed by atoms with van der Waals surface area (Å²) in [6, 6.07) is 0. The Hall–Kier alpha value is -1.20. The highest BCUT2D eigenvalue weighted by Crippen LogP contribution is 2.40. The summed E-state index contributed by atoms with van der Waals surface area (Å²) in [6.45, 7) is 11.0. The fourth-order valence-electron chi connectivity index (χ4n) is 2.90. The fourth-order valence-corrected chi connectivity index (χ4v) is 3.17. The standard InChI is InChI=1S/C20H29OP/c1-15(8-6-9-16(2)14-19(21)22)11-12-18-17(3)10-7-13-20(18,4)5/h6,8-9,11-12,14H,7,10,13,22H2,1-5H3/b9-6+,12-11+,15-8+,16-14+. The Morgan fingerprint density at radius 2 is 1.86 bits per heavy atom. The molecule has 0 saturated carbocycles. The minimum Gasteiger partial charge on any atom is -0.290 e. The second kappa shape index (κ2) is 8.44. The third-order valence-electron chi connectivity index (χ3n) is 4.14. The summed E-state index contributed by atoms with van der Waals surface area (Å²) >= 11 is 0. The second-order valence-electron chi connectivity index (χ2n) is 6.83. The van der Waals surface area contributed by atoms with Crippen LogP contribution in [-0.2, 0) is 4.79 Å². The van der Waals surface area contributed by atoms with Crippen LogP contribution in [0.2, 0.25) is 0 Å². The van der Waals surface area contributed by atoms with Crippen LogP contribution in [0.3, 0.4) is 0 Å². The van der Waals surface area contributed by atoms with Crippen molar-refractivity contribution >= 4 is 14.8 Å². The zero-order valence-electron chi connectivity index (χ0n) is 14.6. The van der Waals surface area contributed by atoms with Gasteiger partial charge in [-0.1, -0.05) is 64.6 Å². The van der Waals surface area contributed by atoms with Crippen molar-refractivity contribution in [3.8, 4) is 0 Å². The van der Waals surface area contributed by atoms with Crippen molar-refractivity contribution in [2.45, 2.75) is 53.9 Å². The lowest BCUT2D eigenvalue weighted by atomic mass is 9.72. The van der Waals surface area contributed by atoms with Crippen molar-refractivity contribution in [2.75, 3.05) is 0 Å². The summed E-state index contributed by atoms with van der Waals surface area (Å²) in [7, 11) is 2.16. The Morgan fingerprint density at radius 1 is 1.18 bits per heavy atom. The first kappa shape index (κ1) is 18.8. The number of allylic oxidation sites excluding steroid dienone is 10. The molecule has 120 valence electrons. The van der Waals surface area contributed by atoms with E-state index in [-0.39, 0.29) is 10.9 Å². The van der Waals surface area contributed by atoms with Crippen LogP contribution in [0.15, 0.2) is 58.7 Å². The smallest absolute Gasteiger partial charge is 0.171 e. The summed E-state index contributed by atoms with van der Waals surface area (Å²) in [5.41, 5.74) is 5.47. The SMILES string of the molecule is CC1=C(/C=C/C(C)=C/C=C/C(C)=C/C(=O)P)C(C)(C)CCC1. The number of hydrogen-bond donors (Lipinski definition) is 0. The molecule has 1 atom stereocenters. The third kappa shape index (κ3) is 6.28. The van der Waals surface area contributed by atoms with Crippen molar-refractivity contribution in [1.82, 2.24) is 0 Å². The van der Waals surface area contributed by atoms with Gasteiger partial charge in [0.2, 0.25) is 0 Å². The molecule has 0 aliphatic heterocycles. The van der Waals surface area contributed by atoms with E-state index in [1.54, 1.807) is 6.08 Å². The average molecular weight is 316 g/mol. The van der Waals surface area contributed by atoms with Crippen LogP contribution in [0.5, 0.6) is 0 Å². The van der Waals surface area contributed by atoms with Gasteiger partial charge in [0.05, 0.1) is 0 Å². The van der Waals surface area contributed by atoms with E-state index in [1.165, 1.54) is 36.0 Å². The summed E-state index contributed by atoms with van der Waals surface area (Å²) in [6.07, 6.45) is 15.9. The van der Waals surface area contributed by atoms with Crippen LogP contribution < -0.4 is 0 Å². The van der Waals surface area contributed by atoms with Crippen molar-refractivity contribution in [3.05, 3.63) is 58.7 Å². The van der Waals surface area contributed by atoms with Crippen LogP contribution >= 0.6 is 9.24 Å². The van der Waals surface area contributed by atoms with Gasteiger partial charge >= 0.3 is 0 Å². The fraction of sp³-hybridized carbons (Fsp3) is 0.450. The van der Waals surface area contributed by atoms with Crippen LogP contribution in [0.4, 0.5) is 0 Å². The molecule has 1 unspecified atom stereocenters. The van der Waals surface area contributed by atoms with Crippen LogP contribution in [0, 0.1) is 5.41 Å². The van der Waals surface area contributed by atoms with Gasteiger partial charge in [0.1, 0.15) is 0 Å². The molecular weight excluding hydrogens is 287 g/mol. The highest BCUT2D eigenvalue weighted by atomic mass is 31.0. The number of carbonyl (C=O) groups is 1. The lowest BCUT2D eigenvalue weighted by Gasteiger charge is -2.32. The van der Waals surface area contributed by atoms with Crippen LogP contribution in [0.25, 0.3) is 0 Å². The van der Waals surface area contributed by atoms with Gasteiger partial charge in [-0.2, -0.15) is 0 Å². The predicted molar refractivity (Wildman–Crippen MR) is 101 cm³/mol. The maximum atomic E-state index is 10.9. The molecule has 0 bridgehead atoms. The summed E-state index contributed by atoms with van der Waals surface area (Å²) in [4.78, 5) is 10.9. The quantitative estimate of drug-likeness (QED) is 0.349. The van der Waals surface area contributed by atoms with Crippen molar-refractivity contribution in [3.63, 3.8) is 0 Å². The van der Waals surface area contributed by atoms with Gasteiger partial charge in [-0.05, 0) is 62.7 Å². The van der Waals surface area contributed by atoms with E-state index in [0.717, 1.165) is 5.57 Å². The van der Waals surface area contributed by atoms with Gasteiger partial charge in [-0.3, -0.25) is 4.79 Å². The number of carbonyl (C=O) groups excluding carboxylic acids is 1. The molecule has 0 heterocycles. The molecule has 0 aromatic carbocycles. The Morgan fingerprint density at radius 3 is 2.45 bits per heavy atom. The van der Waals surface area contributed by atoms with Gasteiger partial charge in [0, 0.05) is 0 Å². The maximum Gasteiger partial charge on any atom is 0.171 e. The van der Waals surface area contributed by atoms with E-state index < -0.39 is 0 Å². The monoisotopic (exact) mass is 316 g/mol. The Bertz CT molecular complexity index is 569. The minimum atomic E-state index is 0.00434. The van der Waals surface area contributed by atoms with Gasteiger partial charge in [0.25, 0.3) is 0 Å². The Balaban J connectivity index is 2.79. The number of rotatable bonds is 5. The molecule has 0 N–H and O–H groups in total. The van der Waals surface area contributed by atoms with Gasteiger partial charge in [0.15, 0.2) is 5.52 Å². The molecule has 1 rings (SSSR count). The highest BCUT2D eigenvalue weighted by Gasteiger charge is 2.26. The molecular formula is C20H29OP. The topological polar surface area (TPSA) is 17.1 Å². The number of hydrogen-bond acceptors (Lipinski definition) is 1. The molecule has 0 saturated heterocycles.